The molecule has 0 aromatic heterocycles. The molecule has 0 saturated carbocycles. The first-order valence-electron chi connectivity index (χ1n) is 6.23. The molecule has 98 valence electrons. The molecule has 1 aliphatic heterocycles. The highest BCUT2D eigenvalue weighted by atomic mass is 16.4. The first-order chi connectivity index (χ1) is 8.50. The fourth-order valence-electron chi connectivity index (χ4n) is 2.65. The van der Waals surface area contributed by atoms with E-state index in [1.54, 1.807) is 0 Å². The number of anilines is 1. The van der Waals surface area contributed by atoms with Crippen LogP contribution in [0.3, 0.4) is 0 Å². The summed E-state index contributed by atoms with van der Waals surface area (Å²) >= 11 is 0. The standard InChI is InChI=1S/C14H20N2O2/c1-9-5-4-6-12(16(2)3)13(9)11-7-10(8-15-11)14(17)18/h4-6,10-11,15H,7-8H2,1-3H3,(H,17,18). The zero-order valence-electron chi connectivity index (χ0n) is 11.1. The number of benzene rings is 1. The smallest absolute Gasteiger partial charge is 0.307 e. The van der Waals surface area contributed by atoms with Gasteiger partial charge in [-0.05, 0) is 30.5 Å². The number of hydrogen-bond acceptors (Lipinski definition) is 3. The van der Waals surface area contributed by atoms with Gasteiger partial charge in [-0.15, -0.1) is 0 Å². The van der Waals surface area contributed by atoms with Gasteiger partial charge in [0.1, 0.15) is 0 Å². The van der Waals surface area contributed by atoms with E-state index >= 15 is 0 Å². The zero-order valence-corrected chi connectivity index (χ0v) is 11.1. The van der Waals surface area contributed by atoms with Crippen molar-refractivity contribution in [1.82, 2.24) is 5.32 Å². The maximum absolute atomic E-state index is 11.0. The molecule has 1 aromatic rings. The molecule has 1 fully saturated rings. The van der Waals surface area contributed by atoms with Gasteiger partial charge in [-0.25, -0.2) is 0 Å². The maximum atomic E-state index is 11.0. The number of carboxylic acids is 1. The first kappa shape index (κ1) is 12.9. The Hall–Kier alpha value is -1.55. The highest BCUT2D eigenvalue weighted by Crippen LogP contribution is 2.35. The quantitative estimate of drug-likeness (QED) is 0.856. The topological polar surface area (TPSA) is 52.6 Å². The fourth-order valence-corrected chi connectivity index (χ4v) is 2.65. The van der Waals surface area contributed by atoms with Gasteiger partial charge in [0, 0.05) is 32.4 Å². The fraction of sp³-hybridized carbons (Fsp3) is 0.500. The van der Waals surface area contributed by atoms with Crippen molar-refractivity contribution in [2.24, 2.45) is 5.92 Å². The first-order valence-corrected chi connectivity index (χ1v) is 6.23. The lowest BCUT2D eigenvalue weighted by Crippen LogP contribution is -2.20. The molecule has 2 rings (SSSR count). The second-order valence-corrected chi connectivity index (χ2v) is 5.13. The Balaban J connectivity index is 2.31. The van der Waals surface area contributed by atoms with Crippen LogP contribution in [0.2, 0.25) is 0 Å². The molecule has 4 heteroatoms. The maximum Gasteiger partial charge on any atom is 0.307 e. The molecule has 2 unspecified atom stereocenters. The van der Waals surface area contributed by atoms with Crippen LogP contribution in [0.1, 0.15) is 23.6 Å². The van der Waals surface area contributed by atoms with E-state index in [0.29, 0.717) is 13.0 Å². The molecular weight excluding hydrogens is 228 g/mol. The summed E-state index contributed by atoms with van der Waals surface area (Å²) in [6, 6.07) is 6.35. The number of nitrogens with zero attached hydrogens (tertiary/aromatic N) is 1. The lowest BCUT2D eigenvalue weighted by molar-refractivity contribution is -0.141. The molecule has 2 N–H and O–H groups in total. The van der Waals surface area contributed by atoms with E-state index in [9.17, 15) is 4.79 Å². The van der Waals surface area contributed by atoms with Gasteiger partial charge in [0.05, 0.1) is 5.92 Å². The van der Waals surface area contributed by atoms with Gasteiger partial charge in [0.25, 0.3) is 0 Å². The number of nitrogens with one attached hydrogen (secondary N) is 1. The summed E-state index contributed by atoms with van der Waals surface area (Å²) in [5.41, 5.74) is 3.61. The van der Waals surface area contributed by atoms with Crippen LogP contribution < -0.4 is 10.2 Å². The molecule has 0 amide bonds. The second kappa shape index (κ2) is 4.98. The van der Waals surface area contributed by atoms with Gasteiger partial charge in [0.2, 0.25) is 0 Å². The average molecular weight is 248 g/mol. The van der Waals surface area contributed by atoms with Gasteiger partial charge >= 0.3 is 5.97 Å². The van der Waals surface area contributed by atoms with Crippen LogP contribution in [0, 0.1) is 12.8 Å². The Labute approximate surface area is 108 Å². The summed E-state index contributed by atoms with van der Waals surface area (Å²) in [7, 11) is 4.03. The van der Waals surface area contributed by atoms with Crippen molar-refractivity contribution < 1.29 is 9.90 Å². The molecule has 1 heterocycles. The Morgan fingerprint density at radius 1 is 1.44 bits per heavy atom. The molecule has 0 radical (unpaired) electrons. The third kappa shape index (κ3) is 2.34. The van der Waals surface area contributed by atoms with Gasteiger partial charge in [-0.3, -0.25) is 4.79 Å². The van der Waals surface area contributed by atoms with Crippen molar-refractivity contribution in [2.45, 2.75) is 19.4 Å². The van der Waals surface area contributed by atoms with Gasteiger partial charge in [-0.2, -0.15) is 0 Å². The van der Waals surface area contributed by atoms with E-state index in [0.717, 1.165) is 0 Å². The largest absolute Gasteiger partial charge is 0.481 e. The van der Waals surface area contributed by atoms with Crippen LogP contribution in [0.25, 0.3) is 0 Å². The summed E-state index contributed by atoms with van der Waals surface area (Å²) < 4.78 is 0. The molecule has 0 bridgehead atoms. The monoisotopic (exact) mass is 248 g/mol. The van der Waals surface area contributed by atoms with Crippen molar-refractivity contribution in [1.29, 1.82) is 0 Å². The predicted octanol–water partition coefficient (Wildman–Crippen LogP) is 1.80. The Kier molecular flexibility index (Phi) is 3.57. The van der Waals surface area contributed by atoms with Crippen molar-refractivity contribution in [3.8, 4) is 0 Å². The minimum absolute atomic E-state index is 0.143. The van der Waals surface area contributed by atoms with E-state index in [-0.39, 0.29) is 12.0 Å². The number of aryl methyl sites for hydroxylation is 1. The summed E-state index contributed by atoms with van der Waals surface area (Å²) in [6.45, 7) is 2.64. The van der Waals surface area contributed by atoms with Crippen molar-refractivity contribution >= 4 is 11.7 Å². The predicted molar refractivity (Wildman–Crippen MR) is 72.0 cm³/mol. The molecule has 18 heavy (non-hydrogen) atoms. The Bertz CT molecular complexity index is 457. The van der Waals surface area contributed by atoms with Crippen molar-refractivity contribution in [3.05, 3.63) is 29.3 Å². The summed E-state index contributed by atoms with van der Waals surface area (Å²) in [5.74, 6) is -0.977. The van der Waals surface area contributed by atoms with Crippen LogP contribution in [0.5, 0.6) is 0 Å². The number of rotatable bonds is 3. The Morgan fingerprint density at radius 2 is 2.17 bits per heavy atom. The zero-order chi connectivity index (χ0) is 13.3. The van der Waals surface area contributed by atoms with Crippen LogP contribution >= 0.6 is 0 Å². The lowest BCUT2D eigenvalue weighted by Gasteiger charge is -2.23. The van der Waals surface area contributed by atoms with Crippen molar-refractivity contribution in [3.63, 3.8) is 0 Å². The SMILES string of the molecule is Cc1cccc(N(C)C)c1C1CC(C(=O)O)CN1. The molecule has 0 aliphatic carbocycles. The molecule has 2 atom stereocenters. The third-order valence-corrected chi connectivity index (χ3v) is 3.61. The van der Waals surface area contributed by atoms with Crippen LogP contribution in [0.15, 0.2) is 18.2 Å². The second-order valence-electron chi connectivity index (χ2n) is 5.13. The molecular formula is C14H20N2O2. The molecule has 1 aliphatic rings. The van der Waals surface area contributed by atoms with Gasteiger partial charge in [-0.1, -0.05) is 12.1 Å². The van der Waals surface area contributed by atoms with Crippen LogP contribution in [-0.2, 0) is 4.79 Å². The molecule has 4 nitrogen and oxygen atoms in total. The number of hydrogen-bond donors (Lipinski definition) is 2. The number of aliphatic carboxylic acids is 1. The van der Waals surface area contributed by atoms with Crippen LogP contribution in [0.4, 0.5) is 5.69 Å². The van der Waals surface area contributed by atoms with E-state index in [4.69, 9.17) is 5.11 Å². The van der Waals surface area contributed by atoms with E-state index in [1.165, 1.54) is 16.8 Å². The molecule has 1 aromatic carbocycles. The summed E-state index contributed by atoms with van der Waals surface area (Å²) in [6.07, 6.45) is 0.668. The lowest BCUT2D eigenvalue weighted by atomic mass is 9.94. The van der Waals surface area contributed by atoms with Crippen LogP contribution in [-0.4, -0.2) is 31.7 Å². The minimum Gasteiger partial charge on any atom is -0.481 e. The Morgan fingerprint density at radius 3 is 2.72 bits per heavy atom. The van der Waals surface area contributed by atoms with Gasteiger partial charge in [0.15, 0.2) is 0 Å². The summed E-state index contributed by atoms with van der Waals surface area (Å²) in [5, 5.41) is 12.4. The molecule has 0 spiro atoms. The molecule has 1 saturated heterocycles. The number of carboxylic acid groups (broad SMARTS) is 1. The highest BCUT2D eigenvalue weighted by Gasteiger charge is 2.32. The summed E-state index contributed by atoms with van der Waals surface area (Å²) in [4.78, 5) is 13.1. The minimum atomic E-state index is -0.704. The van der Waals surface area contributed by atoms with Crippen molar-refractivity contribution in [2.75, 3.05) is 25.5 Å². The van der Waals surface area contributed by atoms with E-state index in [1.807, 2.05) is 20.2 Å². The normalized spacial score (nSPS) is 23.1. The van der Waals surface area contributed by atoms with Gasteiger partial charge < -0.3 is 15.3 Å². The average Bonchev–Trinajstić information content (AvgIpc) is 2.77. The highest BCUT2D eigenvalue weighted by molar-refractivity contribution is 5.71. The van der Waals surface area contributed by atoms with E-state index in [2.05, 4.69) is 29.3 Å². The third-order valence-electron chi connectivity index (χ3n) is 3.61. The van der Waals surface area contributed by atoms with E-state index < -0.39 is 5.97 Å². The number of carbonyl (C=O) groups is 1.